The number of halogens is 2. The number of ether oxygens (including phenoxy) is 1. The summed E-state index contributed by atoms with van der Waals surface area (Å²) in [5.74, 6) is -1.90. The number of carbonyl (C=O) groups excluding carboxylic acids is 3. The first kappa shape index (κ1) is 18.0. The maximum Gasteiger partial charge on any atom is 0.340 e. The lowest BCUT2D eigenvalue weighted by molar-refractivity contribution is -0.125. The highest BCUT2D eigenvalue weighted by Crippen LogP contribution is 2.15. The molecule has 0 aliphatic carbocycles. The van der Waals surface area contributed by atoms with Gasteiger partial charge >= 0.3 is 5.97 Å². The van der Waals surface area contributed by atoms with E-state index in [2.05, 4.69) is 26.8 Å². The van der Waals surface area contributed by atoms with Gasteiger partial charge in [-0.25, -0.2) is 4.79 Å². The Morgan fingerprint density at radius 1 is 1.00 bits per heavy atom. The molecule has 0 heterocycles. The third-order valence-corrected chi connectivity index (χ3v) is 3.71. The van der Waals surface area contributed by atoms with E-state index in [9.17, 15) is 14.4 Å². The second-order valence-corrected chi connectivity index (χ2v) is 5.89. The summed E-state index contributed by atoms with van der Waals surface area (Å²) in [6.07, 6.45) is 0. The fourth-order valence-corrected chi connectivity index (χ4v) is 2.15. The van der Waals surface area contributed by atoms with Crippen molar-refractivity contribution < 1.29 is 19.1 Å². The van der Waals surface area contributed by atoms with Gasteiger partial charge in [-0.15, -0.1) is 0 Å². The van der Waals surface area contributed by atoms with Crippen LogP contribution in [0.3, 0.4) is 0 Å². The summed E-state index contributed by atoms with van der Waals surface area (Å²) in [5.41, 5.74) is 4.90. The molecule has 0 unspecified atom stereocenters. The maximum atomic E-state index is 11.8. The van der Waals surface area contributed by atoms with Crippen LogP contribution in [0.25, 0.3) is 0 Å². The van der Waals surface area contributed by atoms with E-state index in [0.717, 1.165) is 4.47 Å². The minimum atomic E-state index is -0.727. The molecule has 2 aromatic rings. The molecule has 0 saturated carbocycles. The monoisotopic (exact) mass is 410 g/mol. The fourth-order valence-electron chi connectivity index (χ4n) is 1.67. The highest BCUT2D eigenvalue weighted by Gasteiger charge is 2.13. The van der Waals surface area contributed by atoms with E-state index in [-0.39, 0.29) is 10.6 Å². The summed E-state index contributed by atoms with van der Waals surface area (Å²) < 4.78 is 5.66. The van der Waals surface area contributed by atoms with Crippen molar-refractivity contribution in [2.24, 2.45) is 0 Å². The third-order valence-electron chi connectivity index (χ3n) is 2.85. The highest BCUT2D eigenvalue weighted by atomic mass is 79.9. The van der Waals surface area contributed by atoms with E-state index in [1.165, 1.54) is 12.1 Å². The molecule has 124 valence electrons. The Hall–Kier alpha value is -2.38. The van der Waals surface area contributed by atoms with E-state index >= 15 is 0 Å². The summed E-state index contributed by atoms with van der Waals surface area (Å²) in [5, 5.41) is 0.228. The lowest BCUT2D eigenvalue weighted by Crippen LogP contribution is -2.43. The van der Waals surface area contributed by atoms with Gasteiger partial charge in [0.25, 0.3) is 11.8 Å². The zero-order valence-corrected chi connectivity index (χ0v) is 14.6. The fraction of sp³-hybridized carbons (Fsp3) is 0.0625. The maximum absolute atomic E-state index is 11.8. The molecule has 0 aliphatic heterocycles. The number of hydrazine groups is 1. The van der Waals surface area contributed by atoms with Crippen molar-refractivity contribution >= 4 is 45.3 Å². The van der Waals surface area contributed by atoms with Crippen molar-refractivity contribution in [3.8, 4) is 0 Å². The smallest absolute Gasteiger partial charge is 0.340 e. The van der Waals surface area contributed by atoms with E-state index in [1.54, 1.807) is 36.4 Å². The number of hydrogen-bond donors (Lipinski definition) is 2. The second kappa shape index (κ2) is 8.47. The standard InChI is InChI=1S/C16H12BrClN2O4/c17-11-7-5-10(6-8-11)15(22)20-19-14(21)9-24-16(23)12-3-1-2-4-13(12)18/h1-8H,9H2,(H,19,21)(H,20,22). The predicted octanol–water partition coefficient (Wildman–Crippen LogP) is 2.72. The molecule has 2 amide bonds. The van der Waals surface area contributed by atoms with Gasteiger partial charge < -0.3 is 4.74 Å². The quantitative estimate of drug-likeness (QED) is 0.598. The molecular weight excluding hydrogens is 400 g/mol. The number of esters is 1. The summed E-state index contributed by atoms with van der Waals surface area (Å²) >= 11 is 9.11. The van der Waals surface area contributed by atoms with E-state index in [0.29, 0.717) is 5.56 Å². The Morgan fingerprint density at radius 2 is 1.67 bits per heavy atom. The van der Waals surface area contributed by atoms with Gasteiger partial charge in [0.05, 0.1) is 10.6 Å². The van der Waals surface area contributed by atoms with Crippen LogP contribution >= 0.6 is 27.5 Å². The minimum absolute atomic E-state index is 0.158. The predicted molar refractivity (Wildman–Crippen MR) is 91.5 cm³/mol. The van der Waals surface area contributed by atoms with Crippen LogP contribution in [0.1, 0.15) is 20.7 Å². The molecule has 0 saturated heterocycles. The zero-order chi connectivity index (χ0) is 17.5. The van der Waals surface area contributed by atoms with E-state index in [1.807, 2.05) is 0 Å². The number of rotatable bonds is 4. The lowest BCUT2D eigenvalue weighted by atomic mass is 10.2. The molecule has 0 fully saturated rings. The van der Waals surface area contributed by atoms with Gasteiger partial charge in [0.15, 0.2) is 6.61 Å². The van der Waals surface area contributed by atoms with Crippen molar-refractivity contribution in [3.05, 3.63) is 69.2 Å². The molecule has 2 N–H and O–H groups in total. The number of amides is 2. The van der Waals surface area contributed by atoms with Crippen molar-refractivity contribution in [1.82, 2.24) is 10.9 Å². The second-order valence-electron chi connectivity index (χ2n) is 4.57. The van der Waals surface area contributed by atoms with Crippen LogP contribution in [0.15, 0.2) is 53.0 Å². The normalized spacial score (nSPS) is 9.92. The van der Waals surface area contributed by atoms with Crippen LogP contribution in [0, 0.1) is 0 Å². The first-order valence-corrected chi connectivity index (χ1v) is 7.91. The molecule has 24 heavy (non-hydrogen) atoms. The molecule has 2 aromatic carbocycles. The SMILES string of the molecule is O=C(COC(=O)c1ccccc1Cl)NNC(=O)c1ccc(Br)cc1. The average Bonchev–Trinajstić information content (AvgIpc) is 2.58. The molecule has 8 heteroatoms. The number of nitrogens with one attached hydrogen (secondary N) is 2. The molecule has 0 aromatic heterocycles. The van der Waals surface area contributed by atoms with Crippen LogP contribution in [0.4, 0.5) is 0 Å². The van der Waals surface area contributed by atoms with Gasteiger partial charge in [-0.3, -0.25) is 20.4 Å². The molecular formula is C16H12BrClN2O4. The number of benzene rings is 2. The number of carbonyl (C=O) groups is 3. The van der Waals surface area contributed by atoms with Crippen LogP contribution in [0.5, 0.6) is 0 Å². The Kier molecular flexibility index (Phi) is 6.34. The van der Waals surface area contributed by atoms with Gasteiger partial charge in [-0.2, -0.15) is 0 Å². The van der Waals surface area contributed by atoms with Crippen molar-refractivity contribution in [3.63, 3.8) is 0 Å². The molecule has 2 rings (SSSR count). The van der Waals surface area contributed by atoms with Gasteiger partial charge in [0, 0.05) is 10.0 Å². The third kappa shape index (κ3) is 5.07. The Balaban J connectivity index is 1.79. The summed E-state index contributed by atoms with van der Waals surface area (Å²) in [6.45, 7) is -0.551. The molecule has 0 aliphatic rings. The Bertz CT molecular complexity index is 765. The largest absolute Gasteiger partial charge is 0.452 e. The molecule has 0 radical (unpaired) electrons. The summed E-state index contributed by atoms with van der Waals surface area (Å²) in [4.78, 5) is 35.2. The van der Waals surface area contributed by atoms with E-state index < -0.39 is 24.4 Å². The van der Waals surface area contributed by atoms with Gasteiger partial charge in [-0.05, 0) is 36.4 Å². The zero-order valence-electron chi connectivity index (χ0n) is 12.2. The van der Waals surface area contributed by atoms with Crippen LogP contribution in [0.2, 0.25) is 5.02 Å². The average molecular weight is 412 g/mol. The van der Waals surface area contributed by atoms with Crippen molar-refractivity contribution in [2.45, 2.75) is 0 Å². The number of hydrogen-bond acceptors (Lipinski definition) is 4. The Morgan fingerprint density at radius 3 is 2.33 bits per heavy atom. The summed E-state index contributed by atoms with van der Waals surface area (Å²) in [7, 11) is 0. The minimum Gasteiger partial charge on any atom is -0.452 e. The van der Waals surface area contributed by atoms with Crippen molar-refractivity contribution in [2.75, 3.05) is 6.61 Å². The van der Waals surface area contributed by atoms with Gasteiger partial charge in [0.1, 0.15) is 0 Å². The highest BCUT2D eigenvalue weighted by molar-refractivity contribution is 9.10. The molecule has 6 nitrogen and oxygen atoms in total. The topological polar surface area (TPSA) is 84.5 Å². The molecule has 0 bridgehead atoms. The lowest BCUT2D eigenvalue weighted by Gasteiger charge is -2.08. The van der Waals surface area contributed by atoms with Crippen LogP contribution < -0.4 is 10.9 Å². The van der Waals surface area contributed by atoms with E-state index in [4.69, 9.17) is 16.3 Å². The van der Waals surface area contributed by atoms with Gasteiger partial charge in [0.2, 0.25) is 0 Å². The summed E-state index contributed by atoms with van der Waals surface area (Å²) in [6, 6.07) is 12.9. The first-order chi connectivity index (χ1) is 11.5. The first-order valence-electron chi connectivity index (χ1n) is 6.74. The van der Waals surface area contributed by atoms with Gasteiger partial charge in [-0.1, -0.05) is 39.7 Å². The van der Waals surface area contributed by atoms with Crippen LogP contribution in [-0.2, 0) is 9.53 Å². The Labute approximate surface area is 151 Å². The molecule has 0 spiro atoms. The molecule has 0 atom stereocenters. The van der Waals surface area contributed by atoms with Crippen molar-refractivity contribution in [1.29, 1.82) is 0 Å². The van der Waals surface area contributed by atoms with Crippen LogP contribution in [-0.4, -0.2) is 24.4 Å².